The van der Waals surface area contributed by atoms with Gasteiger partial charge in [0.15, 0.2) is 5.82 Å². The summed E-state index contributed by atoms with van der Waals surface area (Å²) in [5.74, 6) is -0.817. The maximum absolute atomic E-state index is 13.7. The summed E-state index contributed by atoms with van der Waals surface area (Å²) in [6.07, 6.45) is -5.42. The van der Waals surface area contributed by atoms with Crippen LogP contribution in [0.1, 0.15) is 56.5 Å². The van der Waals surface area contributed by atoms with Gasteiger partial charge in [0, 0.05) is 30.1 Å². The first-order chi connectivity index (χ1) is 18.7. The maximum atomic E-state index is 13.7. The van der Waals surface area contributed by atoms with Crippen LogP contribution in [0.4, 0.5) is 24.7 Å². The van der Waals surface area contributed by atoms with Crippen LogP contribution in [0.2, 0.25) is 0 Å². The molecule has 0 aliphatic carbocycles. The van der Waals surface area contributed by atoms with Gasteiger partial charge >= 0.3 is 6.18 Å². The van der Waals surface area contributed by atoms with Gasteiger partial charge in [-0.25, -0.2) is 0 Å². The van der Waals surface area contributed by atoms with Crippen molar-refractivity contribution >= 4 is 29.2 Å². The Morgan fingerprint density at radius 3 is 2.25 bits per heavy atom. The molecule has 40 heavy (non-hydrogen) atoms. The Morgan fingerprint density at radius 1 is 1.02 bits per heavy atom. The van der Waals surface area contributed by atoms with E-state index in [0.717, 1.165) is 23.1 Å². The van der Waals surface area contributed by atoms with Crippen molar-refractivity contribution in [2.24, 2.45) is 0 Å². The van der Waals surface area contributed by atoms with Gasteiger partial charge in [0.25, 0.3) is 0 Å². The summed E-state index contributed by atoms with van der Waals surface area (Å²) < 4.78 is 51.0. The van der Waals surface area contributed by atoms with Crippen molar-refractivity contribution in [2.75, 3.05) is 17.3 Å². The summed E-state index contributed by atoms with van der Waals surface area (Å²) in [5, 5.41) is 8.97. The molecule has 214 valence electrons. The predicted molar refractivity (Wildman–Crippen MR) is 142 cm³/mol. The molecule has 0 fully saturated rings. The van der Waals surface area contributed by atoms with Gasteiger partial charge in [0.1, 0.15) is 17.6 Å². The number of carbonyl (C=O) groups is 3. The zero-order chi connectivity index (χ0) is 29.7. The zero-order valence-corrected chi connectivity index (χ0v) is 22.8. The summed E-state index contributed by atoms with van der Waals surface area (Å²) in [6.45, 7) is 6.86. The van der Waals surface area contributed by atoms with Crippen LogP contribution in [-0.2, 0) is 20.6 Å². The fourth-order valence-corrected chi connectivity index (χ4v) is 3.88. The molecule has 3 aromatic rings. The number of nitrogens with one attached hydrogen (secondary N) is 2. The summed E-state index contributed by atoms with van der Waals surface area (Å²) in [6, 6.07) is 10.5. The van der Waals surface area contributed by atoms with E-state index in [1.54, 1.807) is 52.0 Å². The van der Waals surface area contributed by atoms with Crippen molar-refractivity contribution in [3.63, 3.8) is 0 Å². The smallest absolute Gasteiger partial charge is 0.416 e. The number of aromatic nitrogens is 1. The molecule has 2 N–H and O–H groups in total. The third-order valence-corrected chi connectivity index (χ3v) is 5.62. The average molecular weight is 561 g/mol. The van der Waals surface area contributed by atoms with Crippen LogP contribution < -0.4 is 20.3 Å². The number of alkyl halides is 3. The highest BCUT2D eigenvalue weighted by molar-refractivity contribution is 6.03. The minimum Gasteiger partial charge on any atom is -0.497 e. The fraction of sp³-hybridized carbons (Fsp3) is 0.357. The van der Waals surface area contributed by atoms with Gasteiger partial charge in [0.2, 0.25) is 17.7 Å². The molecule has 0 radical (unpaired) electrons. The van der Waals surface area contributed by atoms with Crippen LogP contribution in [0.3, 0.4) is 0 Å². The number of benzene rings is 2. The first-order valence-electron chi connectivity index (χ1n) is 12.4. The highest BCUT2D eigenvalue weighted by Gasteiger charge is 2.36. The minimum absolute atomic E-state index is 0.155. The van der Waals surface area contributed by atoms with Gasteiger partial charge in [-0.1, -0.05) is 23.4 Å². The van der Waals surface area contributed by atoms with Crippen LogP contribution in [-0.4, -0.2) is 35.5 Å². The second-order valence-corrected chi connectivity index (χ2v) is 10.1. The van der Waals surface area contributed by atoms with Gasteiger partial charge in [-0.3, -0.25) is 19.3 Å². The number of halogens is 3. The fourth-order valence-electron chi connectivity index (χ4n) is 3.88. The van der Waals surface area contributed by atoms with Crippen LogP contribution >= 0.6 is 0 Å². The van der Waals surface area contributed by atoms with Gasteiger partial charge in [-0.2, -0.15) is 13.2 Å². The predicted octanol–water partition coefficient (Wildman–Crippen LogP) is 5.42. The van der Waals surface area contributed by atoms with E-state index in [2.05, 4.69) is 15.8 Å². The molecule has 0 spiro atoms. The average Bonchev–Trinajstić information content (AvgIpc) is 3.28. The van der Waals surface area contributed by atoms with E-state index in [0.29, 0.717) is 17.1 Å². The number of nitrogens with zero attached hydrogens (tertiary/aromatic N) is 2. The second-order valence-electron chi connectivity index (χ2n) is 10.1. The van der Waals surface area contributed by atoms with E-state index < -0.39 is 47.5 Å². The number of carbonyl (C=O) groups excluding carboxylic acids is 3. The van der Waals surface area contributed by atoms with Crippen molar-refractivity contribution in [3.05, 3.63) is 71.5 Å². The molecule has 1 atom stereocenters. The summed E-state index contributed by atoms with van der Waals surface area (Å²) >= 11 is 0. The topological polar surface area (TPSA) is 114 Å². The number of methoxy groups -OCH3 is 1. The Bertz CT molecular complexity index is 1350. The standard InChI is InChI=1S/C28H31F3N4O5/c1-17-15-22(34-40-17)32-23(36)13-14-24(37)35(20-8-6-7-19(16-20)28(29,30)31)25(26(38)33-27(2,3)4)18-9-11-21(39-5)12-10-18/h6-12,15-16,25H,13-14H2,1-5H3,(H,33,38)(H,32,34,36)/t25-/m1/s1. The van der Waals surface area contributed by atoms with E-state index in [1.807, 2.05) is 0 Å². The Hall–Kier alpha value is -4.35. The molecule has 1 aromatic heterocycles. The molecule has 0 aliphatic rings. The number of anilines is 2. The monoisotopic (exact) mass is 560 g/mol. The lowest BCUT2D eigenvalue weighted by atomic mass is 9.99. The maximum Gasteiger partial charge on any atom is 0.416 e. The largest absolute Gasteiger partial charge is 0.497 e. The van der Waals surface area contributed by atoms with Gasteiger partial charge in [0.05, 0.1) is 12.7 Å². The zero-order valence-electron chi connectivity index (χ0n) is 22.8. The van der Waals surface area contributed by atoms with Crippen molar-refractivity contribution in [1.82, 2.24) is 10.5 Å². The van der Waals surface area contributed by atoms with Crippen molar-refractivity contribution in [3.8, 4) is 5.75 Å². The van der Waals surface area contributed by atoms with E-state index in [4.69, 9.17) is 9.26 Å². The normalized spacial score (nSPS) is 12.4. The van der Waals surface area contributed by atoms with Crippen LogP contribution in [0.15, 0.2) is 59.1 Å². The third kappa shape index (κ3) is 8.08. The number of ether oxygens (including phenoxy) is 1. The number of amides is 3. The summed E-state index contributed by atoms with van der Waals surface area (Å²) in [4.78, 5) is 40.8. The van der Waals surface area contributed by atoms with Crippen LogP contribution in [0.25, 0.3) is 0 Å². The van der Waals surface area contributed by atoms with E-state index in [1.165, 1.54) is 19.2 Å². The summed E-state index contributed by atoms with van der Waals surface area (Å²) in [7, 11) is 1.46. The third-order valence-electron chi connectivity index (χ3n) is 5.62. The van der Waals surface area contributed by atoms with Crippen molar-refractivity contribution in [1.29, 1.82) is 0 Å². The lowest BCUT2D eigenvalue weighted by Crippen LogP contribution is -2.49. The first kappa shape index (κ1) is 30.2. The number of hydrogen-bond acceptors (Lipinski definition) is 6. The van der Waals surface area contributed by atoms with Crippen molar-refractivity contribution in [2.45, 2.75) is 58.3 Å². The van der Waals surface area contributed by atoms with E-state index in [9.17, 15) is 27.6 Å². The molecule has 2 aromatic carbocycles. The molecule has 0 saturated carbocycles. The SMILES string of the molecule is COc1ccc([C@H](C(=O)NC(C)(C)C)N(C(=O)CCC(=O)Nc2cc(C)on2)c2cccc(C(F)(F)F)c2)cc1. The summed E-state index contributed by atoms with van der Waals surface area (Å²) in [5.41, 5.74) is -1.54. The van der Waals surface area contributed by atoms with Gasteiger partial charge in [-0.05, 0) is 63.6 Å². The van der Waals surface area contributed by atoms with E-state index in [-0.39, 0.29) is 17.9 Å². The molecular weight excluding hydrogens is 529 g/mol. The molecule has 3 amide bonds. The van der Waals surface area contributed by atoms with Gasteiger partial charge in [-0.15, -0.1) is 0 Å². The molecule has 1 heterocycles. The molecule has 9 nitrogen and oxygen atoms in total. The Morgan fingerprint density at radius 2 is 1.70 bits per heavy atom. The van der Waals surface area contributed by atoms with Gasteiger partial charge < -0.3 is 19.9 Å². The number of rotatable bonds is 9. The Kier molecular flexibility index (Phi) is 9.23. The molecule has 0 bridgehead atoms. The highest BCUT2D eigenvalue weighted by Crippen LogP contribution is 2.35. The van der Waals surface area contributed by atoms with Crippen molar-refractivity contribution < 1.29 is 36.8 Å². The Balaban J connectivity index is 2.04. The van der Waals surface area contributed by atoms with E-state index >= 15 is 0 Å². The molecule has 12 heteroatoms. The Labute approximate surface area is 229 Å². The number of aryl methyl sites for hydroxylation is 1. The second kappa shape index (κ2) is 12.2. The lowest BCUT2D eigenvalue weighted by molar-refractivity contribution is -0.137. The molecular formula is C28H31F3N4O5. The molecule has 0 aliphatic heterocycles. The van der Waals surface area contributed by atoms with Crippen LogP contribution in [0, 0.1) is 6.92 Å². The minimum atomic E-state index is -4.69. The highest BCUT2D eigenvalue weighted by atomic mass is 19.4. The molecule has 0 unspecified atom stereocenters. The first-order valence-corrected chi connectivity index (χ1v) is 12.4. The quantitative estimate of drug-likeness (QED) is 0.361. The lowest BCUT2D eigenvalue weighted by Gasteiger charge is -2.34. The molecule has 3 rings (SSSR count). The van der Waals surface area contributed by atoms with Crippen LogP contribution in [0.5, 0.6) is 5.75 Å². The number of hydrogen-bond donors (Lipinski definition) is 2. The molecule has 0 saturated heterocycles.